The van der Waals surface area contributed by atoms with Gasteiger partial charge in [-0.25, -0.2) is 4.39 Å². The Morgan fingerprint density at radius 1 is 0.931 bits per heavy atom. The summed E-state index contributed by atoms with van der Waals surface area (Å²) in [6.07, 6.45) is 5.37. The van der Waals surface area contributed by atoms with Crippen molar-refractivity contribution in [2.24, 2.45) is 17.6 Å². The number of carbonyl (C=O) groups is 2. The molecule has 2 saturated carbocycles. The average Bonchev–Trinajstić information content (AvgIpc) is 2.69. The number of nitrogens with two attached hydrogens (primary N) is 1. The van der Waals surface area contributed by atoms with Gasteiger partial charge in [-0.3, -0.25) is 9.59 Å². The Hall–Kier alpha value is -2.73. The van der Waals surface area contributed by atoms with Crippen LogP contribution in [-0.4, -0.2) is 23.9 Å². The van der Waals surface area contributed by atoms with Crippen LogP contribution in [0.4, 0.5) is 10.1 Å². The lowest BCUT2D eigenvalue weighted by Crippen LogP contribution is -2.53. The van der Waals surface area contributed by atoms with Crippen molar-refractivity contribution >= 4 is 17.5 Å². The zero-order chi connectivity index (χ0) is 20.4. The van der Waals surface area contributed by atoms with E-state index in [1.54, 1.807) is 24.3 Å². The monoisotopic (exact) mass is 395 g/mol. The molecule has 2 aromatic rings. The highest BCUT2D eigenvalue weighted by Gasteiger charge is 2.39. The molecule has 2 bridgehead atoms. The van der Waals surface area contributed by atoms with Crippen molar-refractivity contribution < 1.29 is 14.0 Å². The molecule has 0 aliphatic heterocycles. The molecule has 2 fully saturated rings. The fourth-order valence-electron chi connectivity index (χ4n) is 4.80. The van der Waals surface area contributed by atoms with Gasteiger partial charge in [0, 0.05) is 28.9 Å². The van der Waals surface area contributed by atoms with Gasteiger partial charge >= 0.3 is 0 Å². The molecule has 0 heterocycles. The highest BCUT2D eigenvalue weighted by molar-refractivity contribution is 6.05. The highest BCUT2D eigenvalue weighted by atomic mass is 19.1. The lowest BCUT2D eigenvalue weighted by atomic mass is 9.67. The Balaban J connectivity index is 1.43. The van der Waals surface area contributed by atoms with Crippen LogP contribution in [0.5, 0.6) is 0 Å². The number of amides is 2. The van der Waals surface area contributed by atoms with Gasteiger partial charge in [-0.2, -0.15) is 0 Å². The minimum atomic E-state index is -0.395. The maximum absolute atomic E-state index is 13.0. The third-order valence-electron chi connectivity index (χ3n) is 6.16. The van der Waals surface area contributed by atoms with Crippen LogP contribution in [0, 0.1) is 17.7 Å². The molecule has 29 heavy (non-hydrogen) atoms. The Morgan fingerprint density at radius 2 is 1.62 bits per heavy atom. The lowest BCUT2D eigenvalue weighted by Gasteiger charge is -2.45. The summed E-state index contributed by atoms with van der Waals surface area (Å²) >= 11 is 0. The molecule has 5 nitrogen and oxygen atoms in total. The Bertz CT molecular complexity index is 885. The number of hydrogen-bond donors (Lipinski definition) is 3. The fourth-order valence-corrected chi connectivity index (χ4v) is 4.80. The number of halogens is 1. The molecule has 0 radical (unpaired) electrons. The summed E-state index contributed by atoms with van der Waals surface area (Å²) in [4.78, 5) is 25.2. The molecule has 6 heteroatoms. The third-order valence-corrected chi connectivity index (χ3v) is 6.16. The number of nitrogens with one attached hydrogen (secondary N) is 2. The molecule has 152 valence electrons. The summed E-state index contributed by atoms with van der Waals surface area (Å²) in [7, 11) is 0. The summed E-state index contributed by atoms with van der Waals surface area (Å²) < 4.78 is 13.0. The number of fused-ring (bicyclic) bond motifs is 2. The topological polar surface area (TPSA) is 84.2 Å². The van der Waals surface area contributed by atoms with E-state index in [0.29, 0.717) is 28.7 Å². The van der Waals surface area contributed by atoms with Crippen LogP contribution in [-0.2, 0) is 0 Å². The summed E-state index contributed by atoms with van der Waals surface area (Å²) in [5, 5.41) is 5.99. The average molecular weight is 395 g/mol. The number of hydrogen-bond acceptors (Lipinski definition) is 3. The van der Waals surface area contributed by atoms with Gasteiger partial charge in [0.15, 0.2) is 0 Å². The molecular formula is C23H26FN3O2. The first-order valence-corrected chi connectivity index (χ1v) is 10.2. The summed E-state index contributed by atoms with van der Waals surface area (Å²) in [5.74, 6) is 0.0258. The summed E-state index contributed by atoms with van der Waals surface area (Å²) in [6.45, 7) is 0. The van der Waals surface area contributed by atoms with E-state index < -0.39 is 5.82 Å². The zero-order valence-electron chi connectivity index (χ0n) is 16.2. The molecule has 2 aromatic carbocycles. The SMILES string of the molecule is NC1CC2CCCC(C1)C2NC(=O)c1cccc(NC(=O)c2ccc(F)cc2)c1. The van der Waals surface area contributed by atoms with E-state index in [2.05, 4.69) is 10.6 Å². The number of rotatable bonds is 4. The second kappa shape index (κ2) is 8.33. The van der Waals surface area contributed by atoms with Gasteiger partial charge in [0.1, 0.15) is 5.82 Å². The second-order valence-corrected chi connectivity index (χ2v) is 8.22. The van der Waals surface area contributed by atoms with Gasteiger partial charge in [-0.15, -0.1) is 0 Å². The maximum Gasteiger partial charge on any atom is 0.255 e. The van der Waals surface area contributed by atoms with Crippen LogP contribution in [0.3, 0.4) is 0 Å². The maximum atomic E-state index is 13.0. The molecular weight excluding hydrogens is 369 g/mol. The molecule has 4 rings (SSSR count). The van der Waals surface area contributed by atoms with Crippen LogP contribution in [0.25, 0.3) is 0 Å². The van der Waals surface area contributed by atoms with Crippen molar-refractivity contribution in [2.75, 3.05) is 5.32 Å². The largest absolute Gasteiger partial charge is 0.349 e. The molecule has 0 spiro atoms. The molecule has 0 saturated heterocycles. The van der Waals surface area contributed by atoms with Gasteiger partial charge < -0.3 is 16.4 Å². The third kappa shape index (κ3) is 4.48. The standard InChI is InChI=1S/C23H26FN3O2/c24-18-9-7-14(8-10-18)22(28)26-20-6-2-5-17(13-20)23(29)27-21-15-3-1-4-16(21)12-19(25)11-15/h2,5-10,13,15-16,19,21H,1,3-4,11-12,25H2,(H,26,28)(H,27,29). The van der Waals surface area contributed by atoms with Gasteiger partial charge in [-0.05, 0) is 80.0 Å². The van der Waals surface area contributed by atoms with E-state index in [-0.39, 0.29) is 23.9 Å². The van der Waals surface area contributed by atoms with Crippen molar-refractivity contribution in [1.29, 1.82) is 0 Å². The van der Waals surface area contributed by atoms with Crippen molar-refractivity contribution in [1.82, 2.24) is 5.32 Å². The van der Waals surface area contributed by atoms with E-state index >= 15 is 0 Å². The van der Waals surface area contributed by atoms with Crippen molar-refractivity contribution in [2.45, 2.75) is 44.2 Å². The molecule has 2 unspecified atom stereocenters. The first-order chi connectivity index (χ1) is 14.0. The second-order valence-electron chi connectivity index (χ2n) is 8.22. The van der Waals surface area contributed by atoms with Gasteiger partial charge in [0.25, 0.3) is 11.8 Å². The predicted octanol–water partition coefficient (Wildman–Crippen LogP) is 3.71. The molecule has 4 N–H and O–H groups in total. The molecule has 0 aromatic heterocycles. The first-order valence-electron chi connectivity index (χ1n) is 10.2. The highest BCUT2D eigenvalue weighted by Crippen LogP contribution is 2.39. The van der Waals surface area contributed by atoms with Crippen LogP contribution in [0.1, 0.15) is 52.8 Å². The molecule has 2 aliphatic carbocycles. The Labute approximate surface area is 169 Å². The van der Waals surface area contributed by atoms with Crippen molar-refractivity contribution in [3.63, 3.8) is 0 Å². The van der Waals surface area contributed by atoms with E-state index in [9.17, 15) is 14.0 Å². The molecule has 2 atom stereocenters. The zero-order valence-corrected chi connectivity index (χ0v) is 16.2. The van der Waals surface area contributed by atoms with Crippen LogP contribution < -0.4 is 16.4 Å². The lowest BCUT2D eigenvalue weighted by molar-refractivity contribution is 0.0756. The normalized spacial score (nSPS) is 25.9. The van der Waals surface area contributed by atoms with Crippen LogP contribution in [0.15, 0.2) is 48.5 Å². The van der Waals surface area contributed by atoms with Crippen LogP contribution in [0.2, 0.25) is 0 Å². The quantitative estimate of drug-likeness (QED) is 0.738. The van der Waals surface area contributed by atoms with E-state index in [0.717, 1.165) is 25.7 Å². The van der Waals surface area contributed by atoms with Crippen molar-refractivity contribution in [3.05, 3.63) is 65.5 Å². The number of carbonyl (C=O) groups excluding carboxylic acids is 2. The van der Waals surface area contributed by atoms with Gasteiger partial charge in [-0.1, -0.05) is 12.5 Å². The van der Waals surface area contributed by atoms with Crippen LogP contribution >= 0.6 is 0 Å². The summed E-state index contributed by atoms with van der Waals surface area (Å²) in [5.41, 5.74) is 7.57. The molecule has 2 aliphatic rings. The van der Waals surface area contributed by atoms with E-state index in [1.165, 1.54) is 30.7 Å². The van der Waals surface area contributed by atoms with Gasteiger partial charge in [0.2, 0.25) is 0 Å². The first kappa shape index (κ1) is 19.6. The van der Waals surface area contributed by atoms with Gasteiger partial charge in [0.05, 0.1) is 0 Å². The minimum Gasteiger partial charge on any atom is -0.349 e. The Morgan fingerprint density at radius 3 is 2.31 bits per heavy atom. The van der Waals surface area contributed by atoms with E-state index in [1.807, 2.05) is 0 Å². The smallest absolute Gasteiger partial charge is 0.255 e. The Kier molecular flexibility index (Phi) is 5.62. The molecule has 2 amide bonds. The predicted molar refractivity (Wildman–Crippen MR) is 110 cm³/mol. The summed E-state index contributed by atoms with van der Waals surface area (Å²) in [6, 6.07) is 12.6. The van der Waals surface area contributed by atoms with E-state index in [4.69, 9.17) is 5.73 Å². The van der Waals surface area contributed by atoms with Crippen molar-refractivity contribution in [3.8, 4) is 0 Å². The number of anilines is 1. The fraction of sp³-hybridized carbons (Fsp3) is 0.391. The minimum absolute atomic E-state index is 0.125. The number of benzene rings is 2.